The normalized spacial score (nSPS) is 15.2. The number of imide groups is 1. The quantitative estimate of drug-likeness (QED) is 0.0525. The Morgan fingerprint density at radius 2 is 1.65 bits per heavy atom. The summed E-state index contributed by atoms with van der Waals surface area (Å²) in [6.07, 6.45) is 12.7. The van der Waals surface area contributed by atoms with Crippen LogP contribution in [-0.2, 0) is 20.9 Å². The van der Waals surface area contributed by atoms with E-state index >= 15 is 0 Å². The van der Waals surface area contributed by atoms with E-state index in [1.807, 2.05) is 6.07 Å². The summed E-state index contributed by atoms with van der Waals surface area (Å²) in [5.41, 5.74) is 0.845. The number of ketones is 1. The van der Waals surface area contributed by atoms with Crippen molar-refractivity contribution >= 4 is 40.9 Å². The van der Waals surface area contributed by atoms with Gasteiger partial charge in [0, 0.05) is 11.6 Å². The van der Waals surface area contributed by atoms with E-state index in [9.17, 15) is 19.2 Å². The third-order valence-electron chi connectivity index (χ3n) is 8.13. The molecule has 2 atom stereocenters. The average molecular weight is 681 g/mol. The second kappa shape index (κ2) is 18.9. The number of unbranched alkanes of at least 4 members (excludes halogenated alkanes) is 9. The minimum atomic E-state index is -1.90. The third-order valence-corrected chi connectivity index (χ3v) is 8.37. The Kier molecular flexibility index (Phi) is 14.5. The van der Waals surface area contributed by atoms with Crippen LogP contribution in [0.3, 0.4) is 0 Å². The van der Waals surface area contributed by atoms with Gasteiger partial charge in [0.2, 0.25) is 6.23 Å². The zero-order chi connectivity index (χ0) is 34.3. The fraction of sp³-hybridized carbons (Fsp3) is 0.472. The van der Waals surface area contributed by atoms with E-state index in [0.29, 0.717) is 22.3 Å². The van der Waals surface area contributed by atoms with Gasteiger partial charge in [-0.05, 0) is 37.1 Å². The molecular formula is C36H45ClN4O7. The minimum Gasteiger partial charge on any atom is -0.491 e. The van der Waals surface area contributed by atoms with Crippen molar-refractivity contribution in [2.45, 2.75) is 96.9 Å². The van der Waals surface area contributed by atoms with Crippen LogP contribution in [0.5, 0.6) is 5.75 Å². The first kappa shape index (κ1) is 36.6. The van der Waals surface area contributed by atoms with E-state index in [2.05, 4.69) is 17.4 Å². The highest BCUT2D eigenvalue weighted by molar-refractivity contribution is 6.31. The number of carbonyl (C=O) groups is 4. The Morgan fingerprint density at radius 3 is 2.29 bits per heavy atom. The largest absolute Gasteiger partial charge is 0.491 e. The van der Waals surface area contributed by atoms with Crippen molar-refractivity contribution in [2.75, 3.05) is 18.5 Å². The lowest BCUT2D eigenvalue weighted by Gasteiger charge is -2.24. The molecule has 48 heavy (non-hydrogen) atoms. The smallest absolute Gasteiger partial charge is 0.330 e. The maximum atomic E-state index is 14.0. The Balaban J connectivity index is 1.47. The van der Waals surface area contributed by atoms with Gasteiger partial charge in [-0.15, -0.1) is 0 Å². The van der Waals surface area contributed by atoms with Gasteiger partial charge >= 0.3 is 6.03 Å². The van der Waals surface area contributed by atoms with Crippen LogP contribution >= 0.6 is 11.6 Å². The summed E-state index contributed by atoms with van der Waals surface area (Å²) in [6.45, 7) is 4.45. The molecule has 1 aromatic heterocycles. The van der Waals surface area contributed by atoms with E-state index in [1.54, 1.807) is 43.3 Å². The predicted molar refractivity (Wildman–Crippen MR) is 182 cm³/mol. The minimum absolute atomic E-state index is 0.0214. The summed E-state index contributed by atoms with van der Waals surface area (Å²) < 4.78 is 16.5. The van der Waals surface area contributed by atoms with Crippen LogP contribution in [0.1, 0.15) is 94.0 Å². The molecule has 4 rings (SSSR count). The number of carbonyl (C=O) groups excluding carboxylic acids is 4. The standard InChI is InChI=1S/C36H45ClN4O7/c1-3-5-6-7-8-9-10-11-12-16-21-47-30-20-19-28(37)22-29(30)39-33(43)31(32(42)27-23-38-48-25-27)41-34(44)35(46-4-2)40(36(41)45)24-26-17-14-13-15-18-26/h13-15,17-20,22-23,25,31,35H,3-12,16,21,24H2,1-2H3,(H,39,43). The van der Waals surface area contributed by atoms with Crippen LogP contribution in [0.15, 0.2) is 65.5 Å². The molecule has 2 unspecified atom stereocenters. The predicted octanol–water partition coefficient (Wildman–Crippen LogP) is 7.64. The Labute approximate surface area is 286 Å². The van der Waals surface area contributed by atoms with Gasteiger partial charge in [0.15, 0.2) is 11.8 Å². The van der Waals surface area contributed by atoms with Crippen molar-refractivity contribution in [2.24, 2.45) is 0 Å². The lowest BCUT2D eigenvalue weighted by Crippen LogP contribution is -2.52. The lowest BCUT2D eigenvalue weighted by molar-refractivity contribution is -0.144. The van der Waals surface area contributed by atoms with Crippen molar-refractivity contribution in [1.29, 1.82) is 0 Å². The summed E-state index contributed by atoms with van der Waals surface area (Å²) in [6, 6.07) is 11.0. The Hall–Kier alpha value is -4.22. The molecule has 1 N–H and O–H groups in total. The summed E-state index contributed by atoms with van der Waals surface area (Å²) in [4.78, 5) is 57.2. The number of nitrogens with zero attached hydrogens (tertiary/aromatic N) is 3. The molecule has 1 aliphatic rings. The monoisotopic (exact) mass is 680 g/mol. The number of hydrogen-bond donors (Lipinski definition) is 1. The van der Waals surface area contributed by atoms with Crippen molar-refractivity contribution in [1.82, 2.24) is 15.0 Å². The van der Waals surface area contributed by atoms with Crippen LogP contribution in [0, 0.1) is 0 Å². The van der Waals surface area contributed by atoms with Crippen molar-refractivity contribution < 1.29 is 33.2 Å². The van der Waals surface area contributed by atoms with E-state index in [0.717, 1.165) is 37.3 Å². The summed E-state index contributed by atoms with van der Waals surface area (Å²) >= 11 is 6.28. The fourth-order valence-electron chi connectivity index (χ4n) is 5.61. The molecule has 258 valence electrons. The van der Waals surface area contributed by atoms with Gasteiger partial charge in [0.1, 0.15) is 12.0 Å². The molecule has 1 fully saturated rings. The van der Waals surface area contributed by atoms with Gasteiger partial charge in [0.05, 0.1) is 30.6 Å². The third kappa shape index (κ3) is 9.90. The topological polar surface area (TPSA) is 131 Å². The van der Waals surface area contributed by atoms with Crippen LogP contribution < -0.4 is 10.1 Å². The zero-order valence-corrected chi connectivity index (χ0v) is 28.5. The Morgan fingerprint density at radius 1 is 0.958 bits per heavy atom. The molecule has 1 saturated heterocycles. The van der Waals surface area contributed by atoms with Gasteiger partial charge in [0.25, 0.3) is 11.8 Å². The Bertz CT molecular complexity index is 1480. The molecule has 0 radical (unpaired) electrons. The van der Waals surface area contributed by atoms with E-state index < -0.39 is 35.9 Å². The molecule has 0 bridgehead atoms. The summed E-state index contributed by atoms with van der Waals surface area (Å²) in [5.74, 6) is -2.30. The number of ether oxygens (including phenoxy) is 2. The van der Waals surface area contributed by atoms with Crippen LogP contribution in [0.25, 0.3) is 0 Å². The molecule has 0 spiro atoms. The number of amides is 4. The number of anilines is 1. The van der Waals surface area contributed by atoms with Crippen LogP contribution in [0.4, 0.5) is 10.5 Å². The summed E-state index contributed by atoms with van der Waals surface area (Å²) in [7, 11) is 0. The van der Waals surface area contributed by atoms with Crippen molar-refractivity contribution in [3.63, 3.8) is 0 Å². The molecular weight excluding hydrogens is 636 g/mol. The number of halogens is 1. The molecule has 2 heterocycles. The van der Waals surface area contributed by atoms with Gasteiger partial charge < -0.3 is 19.3 Å². The highest BCUT2D eigenvalue weighted by Crippen LogP contribution is 2.31. The highest BCUT2D eigenvalue weighted by atomic mass is 35.5. The maximum absolute atomic E-state index is 14.0. The molecule has 2 aromatic carbocycles. The van der Waals surface area contributed by atoms with Crippen LogP contribution in [0.2, 0.25) is 5.02 Å². The van der Waals surface area contributed by atoms with Gasteiger partial charge in [-0.2, -0.15) is 0 Å². The number of nitrogens with one attached hydrogen (secondary N) is 1. The van der Waals surface area contributed by atoms with E-state index in [-0.39, 0.29) is 24.4 Å². The molecule has 12 heteroatoms. The average Bonchev–Trinajstić information content (AvgIpc) is 3.70. The van der Waals surface area contributed by atoms with Crippen LogP contribution in [-0.4, -0.2) is 64.1 Å². The highest BCUT2D eigenvalue weighted by Gasteiger charge is 2.53. The molecule has 3 aromatic rings. The maximum Gasteiger partial charge on any atom is 0.330 e. The number of Topliss-reactive ketones (excluding diaryl/α,β-unsaturated/α-hetero) is 1. The van der Waals surface area contributed by atoms with Crippen molar-refractivity contribution in [3.05, 3.63) is 77.1 Å². The van der Waals surface area contributed by atoms with E-state index in [4.69, 9.17) is 25.6 Å². The molecule has 1 aliphatic heterocycles. The first-order valence-electron chi connectivity index (χ1n) is 16.8. The zero-order valence-electron chi connectivity index (χ0n) is 27.7. The van der Waals surface area contributed by atoms with E-state index in [1.165, 1.54) is 55.9 Å². The first-order valence-corrected chi connectivity index (χ1v) is 17.2. The second-order valence-electron chi connectivity index (χ2n) is 11.8. The molecule has 4 amide bonds. The number of benzene rings is 2. The second-order valence-corrected chi connectivity index (χ2v) is 12.2. The number of urea groups is 1. The van der Waals surface area contributed by atoms with Crippen molar-refractivity contribution in [3.8, 4) is 5.75 Å². The van der Waals surface area contributed by atoms with Gasteiger partial charge in [-0.25, -0.2) is 9.69 Å². The lowest BCUT2D eigenvalue weighted by atomic mass is 10.1. The number of hydrogen-bond acceptors (Lipinski definition) is 8. The SMILES string of the molecule is CCCCCCCCCCCCOc1ccc(Cl)cc1NC(=O)C(C(=O)c1cnoc1)N1C(=O)C(OCC)N(Cc2ccccc2)C1=O. The fourth-order valence-corrected chi connectivity index (χ4v) is 5.78. The number of rotatable bonds is 21. The molecule has 0 aliphatic carbocycles. The first-order chi connectivity index (χ1) is 23.3. The molecule has 11 nitrogen and oxygen atoms in total. The molecule has 0 saturated carbocycles. The van der Waals surface area contributed by atoms with Gasteiger partial charge in [-0.1, -0.05) is 112 Å². The van der Waals surface area contributed by atoms with Gasteiger partial charge in [-0.3, -0.25) is 19.3 Å². The number of aromatic nitrogens is 1. The summed E-state index contributed by atoms with van der Waals surface area (Å²) in [5, 5.41) is 6.57.